The first kappa shape index (κ1) is 30.7. The molecule has 0 unspecified atom stereocenters. The summed E-state index contributed by atoms with van der Waals surface area (Å²) >= 11 is 0. The second-order valence-corrected chi connectivity index (χ2v) is 19.5. The summed E-state index contributed by atoms with van der Waals surface area (Å²) in [5, 5.41) is 12.6. The standard InChI is InChI=1S/C58H61N3O/c1-36(2)40-25-26-51(47(32-40)39-17-14-13-15-18-39)61-52-20-16-19-46(53(52)60-55(61)48-34-45(57(7,8)9)35-49(54(48)62)58(10,11)12)42-29-43(31-44(30-42)56(4,5)6)50-33-41(27-28-59-50)38-23-21-37(3)22-24-38/h13-36,62H,1-12H3/i3D3,21D,22D,23D,24D,27D,28D,33D,36D. The molecular weight excluding hydrogens is 755 g/mol. The first-order chi connectivity index (χ1) is 33.7. The zero-order valence-corrected chi connectivity index (χ0v) is 37.5. The first-order valence-corrected chi connectivity index (χ1v) is 21.1. The monoisotopic (exact) mass is 827 g/mol. The lowest BCUT2D eigenvalue weighted by molar-refractivity contribution is 0.446. The predicted molar refractivity (Wildman–Crippen MR) is 263 cm³/mol. The van der Waals surface area contributed by atoms with E-state index in [-0.39, 0.29) is 22.4 Å². The van der Waals surface area contributed by atoms with Crippen LogP contribution in [0.4, 0.5) is 0 Å². The van der Waals surface area contributed by atoms with Crippen LogP contribution in [0, 0.1) is 6.85 Å². The van der Waals surface area contributed by atoms with E-state index in [1.807, 2.05) is 120 Å². The predicted octanol–water partition coefficient (Wildman–Crippen LogP) is 15.8. The number of pyridine rings is 1. The van der Waals surface area contributed by atoms with Gasteiger partial charge in [0.05, 0.1) is 37.6 Å². The molecule has 0 saturated carbocycles. The molecule has 6 aromatic carbocycles. The number of rotatable bonds is 7. The Labute approximate surface area is 384 Å². The minimum Gasteiger partial charge on any atom is -0.507 e. The van der Waals surface area contributed by atoms with Crippen molar-refractivity contribution < 1.29 is 20.2 Å². The van der Waals surface area contributed by atoms with Crippen LogP contribution in [-0.4, -0.2) is 19.6 Å². The molecule has 62 heavy (non-hydrogen) atoms. The van der Waals surface area contributed by atoms with Gasteiger partial charge in [-0.15, -0.1) is 0 Å². The van der Waals surface area contributed by atoms with Crippen molar-refractivity contribution in [1.29, 1.82) is 0 Å². The Morgan fingerprint density at radius 2 is 1.32 bits per heavy atom. The summed E-state index contributed by atoms with van der Waals surface area (Å²) in [6, 6.07) is 27.5. The van der Waals surface area contributed by atoms with Crippen molar-refractivity contribution in [3.63, 3.8) is 0 Å². The zero-order chi connectivity index (χ0) is 53.8. The van der Waals surface area contributed by atoms with Gasteiger partial charge >= 0.3 is 0 Å². The fourth-order valence-electron chi connectivity index (χ4n) is 7.83. The number of aromatic hydroxyl groups is 1. The van der Waals surface area contributed by atoms with E-state index in [1.54, 1.807) is 0 Å². The van der Waals surface area contributed by atoms with Gasteiger partial charge in [-0.2, -0.15) is 0 Å². The van der Waals surface area contributed by atoms with Gasteiger partial charge in [-0.3, -0.25) is 9.55 Å². The molecule has 0 saturated heterocycles. The number of para-hydroxylation sites is 1. The zero-order valence-electron chi connectivity index (χ0n) is 48.5. The molecule has 0 aliphatic rings. The van der Waals surface area contributed by atoms with E-state index in [1.165, 1.54) is 0 Å². The van der Waals surface area contributed by atoms with E-state index in [4.69, 9.17) is 18.7 Å². The highest BCUT2D eigenvalue weighted by atomic mass is 16.3. The summed E-state index contributed by atoms with van der Waals surface area (Å²) in [5.74, 6) is -0.341. The van der Waals surface area contributed by atoms with Gasteiger partial charge in [0, 0.05) is 33.9 Å². The Kier molecular flexibility index (Phi) is 7.87. The Hall–Kier alpha value is -6.26. The van der Waals surface area contributed by atoms with E-state index >= 15 is 0 Å². The average molecular weight is 827 g/mol. The molecule has 0 spiro atoms. The van der Waals surface area contributed by atoms with Gasteiger partial charge in [0.2, 0.25) is 0 Å². The Balaban J connectivity index is 1.48. The topological polar surface area (TPSA) is 50.9 Å². The molecule has 0 atom stereocenters. The second kappa shape index (κ2) is 15.9. The lowest BCUT2D eigenvalue weighted by Crippen LogP contribution is -2.17. The minimum atomic E-state index is -2.97. The Bertz CT molecular complexity index is 3490. The second-order valence-electron chi connectivity index (χ2n) is 19.5. The maximum Gasteiger partial charge on any atom is 0.149 e. The van der Waals surface area contributed by atoms with E-state index in [2.05, 4.69) is 63.2 Å². The quantitative estimate of drug-likeness (QED) is 0.174. The van der Waals surface area contributed by atoms with Crippen molar-refractivity contribution in [3.05, 3.63) is 167 Å². The maximum absolute atomic E-state index is 12.6. The van der Waals surface area contributed by atoms with Crippen molar-refractivity contribution in [3.8, 4) is 67.5 Å². The van der Waals surface area contributed by atoms with Crippen molar-refractivity contribution >= 4 is 11.0 Å². The van der Waals surface area contributed by atoms with Crippen LogP contribution in [-0.2, 0) is 16.2 Å². The molecular formula is C58H61N3O. The molecule has 0 aliphatic heterocycles. The van der Waals surface area contributed by atoms with Crippen LogP contribution < -0.4 is 0 Å². The molecule has 0 radical (unpaired) electrons. The van der Waals surface area contributed by atoms with Gasteiger partial charge in [0.15, 0.2) is 0 Å². The molecule has 4 heteroatoms. The molecule has 0 aliphatic carbocycles. The number of aromatic nitrogens is 3. The molecule has 0 fully saturated rings. The van der Waals surface area contributed by atoms with Gasteiger partial charge in [0.1, 0.15) is 11.6 Å². The fraction of sp³-hybridized carbons (Fsp3) is 0.276. The summed E-state index contributed by atoms with van der Waals surface area (Å²) < 4.78 is 97.4. The van der Waals surface area contributed by atoms with E-state index in [0.717, 1.165) is 39.1 Å². The molecule has 2 heterocycles. The number of hydrogen-bond donors (Lipinski definition) is 1. The molecule has 0 bridgehead atoms. The molecule has 0 amide bonds. The first-order valence-electron chi connectivity index (χ1n) is 26.6. The van der Waals surface area contributed by atoms with Gasteiger partial charge in [-0.05, 0) is 116 Å². The number of phenols is 1. The van der Waals surface area contributed by atoms with Crippen LogP contribution in [0.15, 0.2) is 139 Å². The number of imidazole rings is 1. The summed E-state index contributed by atoms with van der Waals surface area (Å²) in [6.45, 7) is 19.5. The van der Waals surface area contributed by atoms with Crippen LogP contribution in [0.5, 0.6) is 5.75 Å². The highest BCUT2D eigenvalue weighted by Crippen LogP contribution is 2.46. The third kappa shape index (κ3) is 8.23. The van der Waals surface area contributed by atoms with Crippen LogP contribution in [0.25, 0.3) is 72.7 Å². The van der Waals surface area contributed by atoms with Crippen LogP contribution in [0.1, 0.15) is 125 Å². The van der Waals surface area contributed by atoms with Crippen LogP contribution in [0.2, 0.25) is 0 Å². The highest BCUT2D eigenvalue weighted by Gasteiger charge is 2.29. The summed E-state index contributed by atoms with van der Waals surface area (Å²) in [4.78, 5) is 10.0. The van der Waals surface area contributed by atoms with Gasteiger partial charge < -0.3 is 5.11 Å². The SMILES string of the molecule is [2H]c1nc(-c2cc(-c3cccc4c3nc(-c3cc(C(C)(C)C)cc(C(C)(C)C)c3O)n4-c3ccc(C([2H])(C)C)cc3-c3ccccc3)cc(C(C)(C)C)c2)c([2H])c(-c2c([2H])c([2H])c(C([2H])([2H])[2H])c([2H])c2[2H])c1[2H]. The lowest BCUT2D eigenvalue weighted by atomic mass is 9.79. The Morgan fingerprint density at radius 1 is 0.629 bits per heavy atom. The molecule has 2 aromatic heterocycles. The minimum absolute atomic E-state index is 0.0537. The van der Waals surface area contributed by atoms with Gasteiger partial charge in [0.25, 0.3) is 0 Å². The number of hydrogen-bond acceptors (Lipinski definition) is 3. The van der Waals surface area contributed by atoms with Crippen LogP contribution in [0.3, 0.4) is 0 Å². The normalized spacial score (nSPS) is 15.3. The van der Waals surface area contributed by atoms with E-state index in [0.29, 0.717) is 39.1 Å². The smallest absolute Gasteiger partial charge is 0.149 e. The van der Waals surface area contributed by atoms with E-state index in [9.17, 15) is 6.48 Å². The number of phenolic OH excluding ortho intramolecular Hbond substituents is 1. The molecule has 8 aromatic rings. The summed E-state index contributed by atoms with van der Waals surface area (Å²) in [6.07, 6.45) is -0.577. The Morgan fingerprint density at radius 3 is 1.98 bits per heavy atom. The maximum atomic E-state index is 12.6. The molecule has 1 N–H and O–H groups in total. The van der Waals surface area contributed by atoms with Crippen LogP contribution >= 0.6 is 0 Å². The summed E-state index contributed by atoms with van der Waals surface area (Å²) in [5.41, 5.74) is 6.55. The fourth-order valence-corrected chi connectivity index (χ4v) is 7.83. The highest BCUT2D eigenvalue weighted by molar-refractivity contribution is 5.98. The van der Waals surface area contributed by atoms with Crippen molar-refractivity contribution in [2.45, 2.75) is 105 Å². The van der Waals surface area contributed by atoms with Crippen molar-refractivity contribution in [1.82, 2.24) is 14.5 Å². The van der Waals surface area contributed by atoms with E-state index < -0.39 is 77.1 Å². The summed E-state index contributed by atoms with van der Waals surface area (Å²) in [7, 11) is 0. The number of fused-ring (bicyclic) bond motifs is 1. The average Bonchev–Trinajstić information content (AvgIpc) is 3.68. The van der Waals surface area contributed by atoms with Gasteiger partial charge in [-0.1, -0.05) is 167 Å². The van der Waals surface area contributed by atoms with Crippen molar-refractivity contribution in [2.24, 2.45) is 0 Å². The lowest BCUT2D eigenvalue weighted by Gasteiger charge is -2.27. The molecule has 314 valence electrons. The molecule has 4 nitrogen and oxygen atoms in total. The van der Waals surface area contributed by atoms with Crippen molar-refractivity contribution in [2.75, 3.05) is 0 Å². The third-order valence-electron chi connectivity index (χ3n) is 11.5. The molecule has 8 rings (SSSR count). The number of nitrogens with zero attached hydrogens (tertiary/aromatic N) is 3. The third-order valence-corrected chi connectivity index (χ3v) is 11.5. The number of benzene rings is 6. The van der Waals surface area contributed by atoms with Gasteiger partial charge in [-0.25, -0.2) is 4.98 Å². The largest absolute Gasteiger partial charge is 0.507 e.